The van der Waals surface area contributed by atoms with Crippen molar-refractivity contribution in [2.24, 2.45) is 0 Å². The van der Waals surface area contributed by atoms with Gasteiger partial charge in [0.1, 0.15) is 0 Å². The fourth-order valence-electron chi connectivity index (χ4n) is 2.46. The molecule has 1 N–H and O–H groups in total. The lowest BCUT2D eigenvalue weighted by atomic mass is 9.93. The molecule has 1 heteroatoms. The van der Waals surface area contributed by atoms with E-state index in [4.69, 9.17) is 0 Å². The van der Waals surface area contributed by atoms with Gasteiger partial charge in [-0.1, -0.05) is 55.8 Å². The summed E-state index contributed by atoms with van der Waals surface area (Å²) in [6.45, 7) is 8.01. The van der Waals surface area contributed by atoms with E-state index in [2.05, 4.69) is 44.2 Å². The Kier molecular flexibility index (Phi) is 4.29. The van der Waals surface area contributed by atoms with Crippen molar-refractivity contribution in [3.63, 3.8) is 0 Å². The van der Waals surface area contributed by atoms with Gasteiger partial charge in [-0.3, -0.25) is 0 Å². The highest BCUT2D eigenvalue weighted by Gasteiger charge is 2.15. The van der Waals surface area contributed by atoms with Gasteiger partial charge in [0.2, 0.25) is 0 Å². The number of aliphatic hydroxyl groups is 1. The van der Waals surface area contributed by atoms with Crippen LogP contribution in [0.1, 0.15) is 43.9 Å². The Morgan fingerprint density at radius 1 is 0.950 bits per heavy atom. The van der Waals surface area contributed by atoms with Crippen LogP contribution in [0, 0.1) is 6.92 Å². The summed E-state index contributed by atoms with van der Waals surface area (Å²) in [7, 11) is 0. The maximum Gasteiger partial charge on any atom is 0.0840 e. The first-order valence-electron chi connectivity index (χ1n) is 7.34. The van der Waals surface area contributed by atoms with Gasteiger partial charge in [0.05, 0.1) is 5.60 Å². The number of benzene rings is 2. The quantitative estimate of drug-likeness (QED) is 0.841. The van der Waals surface area contributed by atoms with Gasteiger partial charge in [-0.15, -0.1) is 0 Å². The molecule has 106 valence electrons. The second-order valence-electron chi connectivity index (χ2n) is 6.03. The van der Waals surface area contributed by atoms with Gasteiger partial charge in [-0.25, -0.2) is 0 Å². The molecule has 0 aliphatic heterocycles. The lowest BCUT2D eigenvalue weighted by Crippen LogP contribution is -2.14. The van der Waals surface area contributed by atoms with E-state index in [1.807, 2.05) is 26.0 Å². The third-order valence-corrected chi connectivity index (χ3v) is 3.79. The van der Waals surface area contributed by atoms with E-state index in [0.29, 0.717) is 0 Å². The average molecular weight is 268 g/mol. The summed E-state index contributed by atoms with van der Waals surface area (Å²) < 4.78 is 0. The average Bonchev–Trinajstić information content (AvgIpc) is 2.41. The zero-order chi connectivity index (χ0) is 14.8. The van der Waals surface area contributed by atoms with Crippen LogP contribution in [0.15, 0.2) is 42.5 Å². The zero-order valence-electron chi connectivity index (χ0n) is 12.9. The highest BCUT2D eigenvalue weighted by Crippen LogP contribution is 2.26. The summed E-state index contributed by atoms with van der Waals surface area (Å²) in [6, 6.07) is 14.9. The van der Waals surface area contributed by atoms with E-state index >= 15 is 0 Å². The van der Waals surface area contributed by atoms with Crippen LogP contribution in [0.4, 0.5) is 0 Å². The van der Waals surface area contributed by atoms with Gasteiger partial charge in [0, 0.05) is 0 Å². The molecule has 0 amide bonds. The Hall–Kier alpha value is -1.60. The predicted octanol–water partition coefficient (Wildman–Crippen LogP) is 4.84. The van der Waals surface area contributed by atoms with Crippen LogP contribution < -0.4 is 0 Å². The van der Waals surface area contributed by atoms with E-state index in [1.165, 1.54) is 28.7 Å². The van der Waals surface area contributed by atoms with Crippen molar-refractivity contribution in [2.75, 3.05) is 0 Å². The summed E-state index contributed by atoms with van der Waals surface area (Å²) in [5.41, 5.74) is 5.42. The Labute approximate surface area is 122 Å². The molecular formula is C19H24O. The molecule has 0 fully saturated rings. The molecule has 0 saturated carbocycles. The van der Waals surface area contributed by atoms with Gasteiger partial charge in [0.15, 0.2) is 0 Å². The van der Waals surface area contributed by atoms with Gasteiger partial charge >= 0.3 is 0 Å². The van der Waals surface area contributed by atoms with E-state index < -0.39 is 5.60 Å². The predicted molar refractivity (Wildman–Crippen MR) is 85.9 cm³/mol. The third-order valence-electron chi connectivity index (χ3n) is 3.79. The maximum absolute atomic E-state index is 10.0. The molecule has 0 aromatic heterocycles. The molecule has 0 radical (unpaired) electrons. The Morgan fingerprint density at radius 3 is 2.10 bits per heavy atom. The number of rotatable bonds is 4. The van der Waals surface area contributed by atoms with Crippen LogP contribution in [-0.2, 0) is 12.0 Å². The Balaban J connectivity index is 2.34. The molecular weight excluding hydrogens is 244 g/mol. The molecule has 0 aliphatic rings. The first kappa shape index (κ1) is 14.8. The lowest BCUT2D eigenvalue weighted by molar-refractivity contribution is 0.0786. The fourth-order valence-corrected chi connectivity index (χ4v) is 2.46. The number of hydrogen-bond acceptors (Lipinski definition) is 1. The van der Waals surface area contributed by atoms with Gasteiger partial charge in [0.25, 0.3) is 0 Å². The van der Waals surface area contributed by atoms with Crippen molar-refractivity contribution >= 4 is 0 Å². The third kappa shape index (κ3) is 3.29. The summed E-state index contributed by atoms with van der Waals surface area (Å²) in [4.78, 5) is 0. The largest absolute Gasteiger partial charge is 0.386 e. The minimum Gasteiger partial charge on any atom is -0.386 e. The van der Waals surface area contributed by atoms with Crippen molar-refractivity contribution < 1.29 is 5.11 Å². The highest BCUT2D eigenvalue weighted by molar-refractivity contribution is 5.65. The standard InChI is InChI=1S/C19H24O/c1-5-6-16-13-17(8-7-14(16)2)15-9-11-18(12-10-15)19(3,4)20/h7-13,20H,5-6H2,1-4H3. The van der Waals surface area contributed by atoms with Crippen molar-refractivity contribution in [2.45, 2.75) is 46.1 Å². The van der Waals surface area contributed by atoms with Crippen LogP contribution in [0.2, 0.25) is 0 Å². The van der Waals surface area contributed by atoms with Crippen molar-refractivity contribution in [3.8, 4) is 11.1 Å². The van der Waals surface area contributed by atoms with E-state index in [1.54, 1.807) is 0 Å². The molecule has 0 atom stereocenters. The lowest BCUT2D eigenvalue weighted by Gasteiger charge is -2.18. The Bertz CT molecular complexity index is 574. The molecule has 0 saturated heterocycles. The molecule has 0 unspecified atom stereocenters. The molecule has 1 nitrogen and oxygen atoms in total. The monoisotopic (exact) mass is 268 g/mol. The first-order chi connectivity index (χ1) is 9.41. The van der Waals surface area contributed by atoms with Gasteiger partial charge < -0.3 is 5.11 Å². The normalized spacial score (nSPS) is 11.7. The van der Waals surface area contributed by atoms with Crippen LogP contribution in [-0.4, -0.2) is 5.11 Å². The number of aryl methyl sites for hydroxylation is 2. The maximum atomic E-state index is 10.0. The summed E-state index contributed by atoms with van der Waals surface area (Å²) >= 11 is 0. The van der Waals surface area contributed by atoms with E-state index in [9.17, 15) is 5.11 Å². The molecule has 0 heterocycles. The van der Waals surface area contributed by atoms with Crippen molar-refractivity contribution in [1.29, 1.82) is 0 Å². The minimum absolute atomic E-state index is 0.779. The van der Waals surface area contributed by atoms with Gasteiger partial charge in [-0.05, 0) is 55.0 Å². The zero-order valence-corrected chi connectivity index (χ0v) is 12.9. The molecule has 0 spiro atoms. The molecule has 2 aromatic carbocycles. The van der Waals surface area contributed by atoms with Gasteiger partial charge in [-0.2, -0.15) is 0 Å². The minimum atomic E-state index is -0.779. The molecule has 0 aliphatic carbocycles. The van der Waals surface area contributed by atoms with Crippen LogP contribution in [0.25, 0.3) is 11.1 Å². The summed E-state index contributed by atoms with van der Waals surface area (Å²) in [5, 5.41) is 10.0. The first-order valence-corrected chi connectivity index (χ1v) is 7.34. The van der Waals surface area contributed by atoms with Crippen molar-refractivity contribution in [1.82, 2.24) is 0 Å². The van der Waals surface area contributed by atoms with Crippen LogP contribution in [0.5, 0.6) is 0 Å². The van der Waals surface area contributed by atoms with E-state index in [-0.39, 0.29) is 0 Å². The Morgan fingerprint density at radius 2 is 1.55 bits per heavy atom. The second-order valence-corrected chi connectivity index (χ2v) is 6.03. The summed E-state index contributed by atoms with van der Waals surface area (Å²) in [5.74, 6) is 0. The SMILES string of the molecule is CCCc1cc(-c2ccc(C(C)(C)O)cc2)ccc1C. The van der Waals surface area contributed by atoms with Crippen molar-refractivity contribution in [3.05, 3.63) is 59.2 Å². The van der Waals surface area contributed by atoms with Crippen LogP contribution >= 0.6 is 0 Å². The number of hydrogen-bond donors (Lipinski definition) is 1. The molecule has 0 bridgehead atoms. The molecule has 2 aromatic rings. The molecule has 20 heavy (non-hydrogen) atoms. The van der Waals surface area contributed by atoms with E-state index in [0.717, 1.165) is 12.0 Å². The van der Waals surface area contributed by atoms with Crippen LogP contribution in [0.3, 0.4) is 0 Å². The fraction of sp³-hybridized carbons (Fsp3) is 0.368. The smallest absolute Gasteiger partial charge is 0.0840 e. The molecule has 2 rings (SSSR count). The summed E-state index contributed by atoms with van der Waals surface area (Å²) in [6.07, 6.45) is 2.30. The highest BCUT2D eigenvalue weighted by atomic mass is 16.3. The topological polar surface area (TPSA) is 20.2 Å². The second kappa shape index (κ2) is 5.80.